The van der Waals surface area contributed by atoms with Crippen molar-refractivity contribution in [2.24, 2.45) is 0 Å². The van der Waals surface area contributed by atoms with Crippen molar-refractivity contribution in [2.75, 3.05) is 32.0 Å². The average Bonchev–Trinajstić information content (AvgIpc) is 2.63. The number of halogens is 1. The van der Waals surface area contributed by atoms with Gasteiger partial charge in [0.15, 0.2) is 0 Å². The van der Waals surface area contributed by atoms with Crippen LogP contribution in [-0.2, 0) is 9.47 Å². The molecule has 0 amide bonds. The molecule has 6 nitrogen and oxygen atoms in total. The zero-order chi connectivity index (χ0) is 19.5. The van der Waals surface area contributed by atoms with Crippen LogP contribution in [0.15, 0.2) is 18.2 Å². The first-order valence-corrected chi connectivity index (χ1v) is 9.43. The fourth-order valence-electron chi connectivity index (χ4n) is 2.64. The lowest BCUT2D eigenvalue weighted by Gasteiger charge is -2.18. The Morgan fingerprint density at radius 1 is 1.15 bits per heavy atom. The maximum absolute atomic E-state index is 12.5. The number of rotatable bonds is 11. The molecule has 0 aliphatic heterocycles. The lowest BCUT2D eigenvalue weighted by Crippen LogP contribution is -2.28. The first kappa shape index (κ1) is 25.2. The van der Waals surface area contributed by atoms with Crippen LogP contribution in [0.1, 0.15) is 67.7 Å². The molecular weight excluding hydrogens is 368 g/mol. The number of anilines is 1. The first-order valence-electron chi connectivity index (χ1n) is 9.43. The second-order valence-electron chi connectivity index (χ2n) is 6.29. The van der Waals surface area contributed by atoms with Crippen molar-refractivity contribution in [1.29, 1.82) is 0 Å². The van der Waals surface area contributed by atoms with Gasteiger partial charge in [-0.2, -0.15) is 0 Å². The molecule has 0 radical (unpaired) electrons. The number of nitrogens with two attached hydrogens (primary N) is 1. The first-order chi connectivity index (χ1) is 12.4. The van der Waals surface area contributed by atoms with Gasteiger partial charge in [0, 0.05) is 12.2 Å². The van der Waals surface area contributed by atoms with Gasteiger partial charge >= 0.3 is 11.9 Å². The number of carbonyl (C=O) groups excluding carboxylic acids is 2. The van der Waals surface area contributed by atoms with Crippen molar-refractivity contribution in [3.8, 4) is 0 Å². The van der Waals surface area contributed by atoms with Crippen molar-refractivity contribution >= 4 is 30.0 Å². The lowest BCUT2D eigenvalue weighted by molar-refractivity contribution is 0.0306. The normalized spacial score (nSPS) is 11.6. The van der Waals surface area contributed by atoms with E-state index in [-0.39, 0.29) is 41.9 Å². The number of benzene rings is 1. The van der Waals surface area contributed by atoms with E-state index in [0.29, 0.717) is 6.54 Å². The molecular formula is C20H33ClN2O4. The lowest BCUT2D eigenvalue weighted by atomic mass is 10.1. The topological polar surface area (TPSA) is 81.9 Å². The summed E-state index contributed by atoms with van der Waals surface area (Å²) in [4.78, 5) is 27.1. The molecule has 0 bridgehead atoms. The fourth-order valence-corrected chi connectivity index (χ4v) is 2.64. The van der Waals surface area contributed by atoms with Crippen LogP contribution in [0.2, 0.25) is 0 Å². The van der Waals surface area contributed by atoms with Gasteiger partial charge in [-0.1, -0.05) is 39.7 Å². The van der Waals surface area contributed by atoms with Gasteiger partial charge in [0.2, 0.25) is 0 Å². The van der Waals surface area contributed by atoms with Gasteiger partial charge in [0.05, 0.1) is 17.2 Å². The molecule has 2 N–H and O–H groups in total. The highest BCUT2D eigenvalue weighted by molar-refractivity contribution is 6.06. The molecule has 154 valence electrons. The highest BCUT2D eigenvalue weighted by Gasteiger charge is 2.23. The van der Waals surface area contributed by atoms with E-state index in [1.54, 1.807) is 18.2 Å². The van der Waals surface area contributed by atoms with Gasteiger partial charge in [-0.25, -0.2) is 9.59 Å². The minimum atomic E-state index is -0.594. The Balaban J connectivity index is 0.00000676. The van der Waals surface area contributed by atoms with E-state index >= 15 is 0 Å². The molecule has 0 fully saturated rings. The summed E-state index contributed by atoms with van der Waals surface area (Å²) in [7, 11) is 0. The second-order valence-corrected chi connectivity index (χ2v) is 6.29. The average molecular weight is 401 g/mol. The number of nitrogen functional groups attached to an aromatic ring is 1. The molecule has 0 aromatic heterocycles. The summed E-state index contributed by atoms with van der Waals surface area (Å²) >= 11 is 0. The molecule has 0 saturated heterocycles. The maximum atomic E-state index is 12.5. The van der Waals surface area contributed by atoms with Crippen molar-refractivity contribution < 1.29 is 19.1 Å². The van der Waals surface area contributed by atoms with Crippen LogP contribution in [0.5, 0.6) is 0 Å². The molecule has 0 heterocycles. The maximum Gasteiger partial charge on any atom is 0.341 e. The van der Waals surface area contributed by atoms with E-state index in [4.69, 9.17) is 15.2 Å². The molecule has 0 aliphatic rings. The zero-order valence-corrected chi connectivity index (χ0v) is 17.6. The number of hydrogen-bond donors (Lipinski definition) is 1. The molecule has 1 aromatic rings. The Hall–Kier alpha value is -1.79. The van der Waals surface area contributed by atoms with Crippen molar-refractivity contribution in [3.05, 3.63) is 29.3 Å². The summed E-state index contributed by atoms with van der Waals surface area (Å²) in [5.74, 6) is -1.14. The van der Waals surface area contributed by atoms with E-state index in [9.17, 15) is 9.59 Å². The van der Waals surface area contributed by atoms with Gasteiger partial charge < -0.3 is 20.1 Å². The van der Waals surface area contributed by atoms with E-state index in [2.05, 4.69) is 11.8 Å². The van der Waals surface area contributed by atoms with E-state index in [0.717, 1.165) is 32.4 Å². The van der Waals surface area contributed by atoms with Gasteiger partial charge in [-0.3, -0.25) is 0 Å². The highest BCUT2D eigenvalue weighted by atomic mass is 35.5. The molecule has 0 spiro atoms. The smallest absolute Gasteiger partial charge is 0.341 e. The van der Waals surface area contributed by atoms with Gasteiger partial charge in [-0.15, -0.1) is 12.4 Å². The van der Waals surface area contributed by atoms with Crippen molar-refractivity contribution in [3.63, 3.8) is 0 Å². The van der Waals surface area contributed by atoms with Crippen LogP contribution >= 0.6 is 12.4 Å². The molecule has 1 unspecified atom stereocenters. The SMILES string of the molecule is CCCCC(C)OC(=O)c1cccc(N)c1C(=O)OCCN(CC)CC.Cl. The van der Waals surface area contributed by atoms with Crippen LogP contribution in [-0.4, -0.2) is 49.2 Å². The number of nitrogens with zero attached hydrogens (tertiary/aromatic N) is 1. The third kappa shape index (κ3) is 8.18. The Bertz CT molecular complexity index is 591. The standard InChI is InChI=1S/C20H32N2O4.ClH/c1-5-8-10-15(4)26-19(23)16-11-9-12-17(21)18(16)20(24)25-14-13-22(6-2)7-3;/h9,11-12,15H,5-8,10,13-14,21H2,1-4H3;1H. The van der Waals surface area contributed by atoms with Crippen molar-refractivity contribution in [1.82, 2.24) is 4.90 Å². The molecule has 27 heavy (non-hydrogen) atoms. The van der Waals surface area contributed by atoms with Crippen LogP contribution < -0.4 is 5.73 Å². The number of ether oxygens (including phenoxy) is 2. The number of likely N-dealkylation sites (N-methyl/N-ethyl adjacent to an activating group) is 1. The number of unbranched alkanes of at least 4 members (excludes halogenated alkanes) is 1. The zero-order valence-electron chi connectivity index (χ0n) is 16.8. The van der Waals surface area contributed by atoms with E-state index in [1.165, 1.54) is 0 Å². The summed E-state index contributed by atoms with van der Waals surface area (Å²) < 4.78 is 10.8. The molecule has 7 heteroatoms. The van der Waals surface area contributed by atoms with Crippen LogP contribution in [0.3, 0.4) is 0 Å². The summed E-state index contributed by atoms with van der Waals surface area (Å²) in [6.45, 7) is 10.7. The summed E-state index contributed by atoms with van der Waals surface area (Å²) in [5.41, 5.74) is 6.39. The number of esters is 2. The fraction of sp³-hybridized carbons (Fsp3) is 0.600. The highest BCUT2D eigenvalue weighted by Crippen LogP contribution is 2.20. The largest absolute Gasteiger partial charge is 0.461 e. The predicted octanol–water partition coefficient (Wildman–Crippen LogP) is 3.92. The third-order valence-electron chi connectivity index (χ3n) is 4.33. The van der Waals surface area contributed by atoms with Gasteiger partial charge in [-0.05, 0) is 38.6 Å². The third-order valence-corrected chi connectivity index (χ3v) is 4.33. The molecule has 1 rings (SSSR count). The van der Waals surface area contributed by atoms with Gasteiger partial charge in [0.1, 0.15) is 6.61 Å². The van der Waals surface area contributed by atoms with Crippen LogP contribution in [0.25, 0.3) is 0 Å². The van der Waals surface area contributed by atoms with Crippen LogP contribution in [0.4, 0.5) is 5.69 Å². The monoisotopic (exact) mass is 400 g/mol. The second kappa shape index (κ2) is 13.4. The number of carbonyl (C=O) groups is 2. The molecule has 1 atom stereocenters. The van der Waals surface area contributed by atoms with Crippen molar-refractivity contribution in [2.45, 2.75) is 53.1 Å². The van der Waals surface area contributed by atoms with Crippen LogP contribution in [0, 0.1) is 0 Å². The predicted molar refractivity (Wildman–Crippen MR) is 111 cm³/mol. The Kier molecular flexibility index (Phi) is 12.5. The summed E-state index contributed by atoms with van der Waals surface area (Å²) in [6.07, 6.45) is 2.58. The quantitative estimate of drug-likeness (QED) is 0.447. The summed E-state index contributed by atoms with van der Waals surface area (Å²) in [5, 5.41) is 0. The Morgan fingerprint density at radius 2 is 1.81 bits per heavy atom. The van der Waals surface area contributed by atoms with E-state index in [1.807, 2.05) is 20.8 Å². The minimum Gasteiger partial charge on any atom is -0.461 e. The van der Waals surface area contributed by atoms with E-state index < -0.39 is 11.9 Å². The Labute approximate surface area is 168 Å². The van der Waals surface area contributed by atoms with Gasteiger partial charge in [0.25, 0.3) is 0 Å². The minimum absolute atomic E-state index is 0. The number of hydrogen-bond acceptors (Lipinski definition) is 6. The molecule has 0 saturated carbocycles. The molecule has 0 aliphatic carbocycles. The summed E-state index contributed by atoms with van der Waals surface area (Å²) in [6, 6.07) is 4.76. The Morgan fingerprint density at radius 3 is 2.41 bits per heavy atom. The molecule has 1 aromatic carbocycles.